The van der Waals surface area contributed by atoms with Crippen molar-refractivity contribution in [3.8, 4) is 11.5 Å². The summed E-state index contributed by atoms with van der Waals surface area (Å²) in [5.41, 5.74) is 1.08. The highest BCUT2D eigenvalue weighted by Gasteiger charge is 2.15. The number of morpholine rings is 1. The Morgan fingerprint density at radius 2 is 1.92 bits per heavy atom. The van der Waals surface area contributed by atoms with Crippen molar-refractivity contribution < 1.29 is 14.2 Å². The van der Waals surface area contributed by atoms with Crippen LogP contribution in [0, 0.1) is 0 Å². The van der Waals surface area contributed by atoms with Gasteiger partial charge in [0.25, 0.3) is 0 Å². The van der Waals surface area contributed by atoms with Crippen molar-refractivity contribution >= 4 is 29.9 Å². The molecule has 0 bridgehead atoms. The van der Waals surface area contributed by atoms with Crippen molar-refractivity contribution in [2.45, 2.75) is 13.0 Å². The smallest absolute Gasteiger partial charge is 0.191 e. The molecule has 2 aliphatic heterocycles. The number of benzene rings is 1. The van der Waals surface area contributed by atoms with Crippen molar-refractivity contribution in [2.75, 3.05) is 59.7 Å². The number of nitrogens with one attached hydrogen (secondary N) is 2. The summed E-state index contributed by atoms with van der Waals surface area (Å²) in [6, 6.07) is 6.01. The quantitative estimate of drug-likeness (QED) is 0.381. The Labute approximate surface area is 172 Å². The van der Waals surface area contributed by atoms with Gasteiger partial charge in [0.15, 0.2) is 17.5 Å². The van der Waals surface area contributed by atoms with Gasteiger partial charge in [-0.25, -0.2) is 0 Å². The van der Waals surface area contributed by atoms with Crippen LogP contribution in [0.2, 0.25) is 0 Å². The first-order chi connectivity index (χ1) is 12.4. The average molecular weight is 476 g/mol. The Balaban J connectivity index is 0.00000243. The zero-order valence-electron chi connectivity index (χ0n) is 15.3. The number of hydrogen-bond donors (Lipinski definition) is 2. The molecule has 0 unspecified atom stereocenters. The summed E-state index contributed by atoms with van der Waals surface area (Å²) in [5.74, 6) is 2.46. The second-order valence-corrected chi connectivity index (χ2v) is 6.10. The number of ether oxygens (including phenoxy) is 3. The minimum absolute atomic E-state index is 0. The SMILES string of the molecule is CN=C(NCCN1CCOCC1)NCc1cccc2c1OCCCO2.I. The van der Waals surface area contributed by atoms with E-state index in [1.807, 2.05) is 12.1 Å². The summed E-state index contributed by atoms with van der Waals surface area (Å²) < 4.78 is 17.0. The third-order valence-electron chi connectivity index (χ3n) is 4.35. The number of aliphatic imine (C=N–C) groups is 1. The Kier molecular flexibility index (Phi) is 9.27. The zero-order chi connectivity index (χ0) is 17.3. The predicted molar refractivity (Wildman–Crippen MR) is 113 cm³/mol. The van der Waals surface area contributed by atoms with Gasteiger partial charge in [-0.15, -0.1) is 24.0 Å². The Bertz CT molecular complexity index is 580. The Morgan fingerprint density at radius 1 is 1.12 bits per heavy atom. The first kappa shape index (κ1) is 21.0. The van der Waals surface area contributed by atoms with E-state index in [0.29, 0.717) is 19.8 Å². The molecule has 8 heteroatoms. The van der Waals surface area contributed by atoms with Gasteiger partial charge in [-0.2, -0.15) is 0 Å². The van der Waals surface area contributed by atoms with Gasteiger partial charge in [0.1, 0.15) is 0 Å². The molecule has 7 nitrogen and oxygen atoms in total. The second kappa shape index (κ2) is 11.5. The minimum Gasteiger partial charge on any atom is -0.490 e. The maximum absolute atomic E-state index is 5.86. The fraction of sp³-hybridized carbons (Fsp3) is 0.611. The second-order valence-electron chi connectivity index (χ2n) is 6.10. The number of para-hydroxylation sites is 1. The normalized spacial score (nSPS) is 17.8. The van der Waals surface area contributed by atoms with Gasteiger partial charge in [-0.3, -0.25) is 9.89 Å². The molecule has 0 radical (unpaired) electrons. The highest BCUT2D eigenvalue weighted by molar-refractivity contribution is 14.0. The van der Waals surface area contributed by atoms with Crippen LogP contribution in [0.5, 0.6) is 11.5 Å². The third kappa shape index (κ3) is 6.17. The number of nitrogens with zero attached hydrogens (tertiary/aromatic N) is 2. The molecule has 3 rings (SSSR count). The van der Waals surface area contributed by atoms with Crippen LogP contribution in [0.15, 0.2) is 23.2 Å². The molecule has 0 aliphatic carbocycles. The van der Waals surface area contributed by atoms with E-state index >= 15 is 0 Å². The van der Waals surface area contributed by atoms with Crippen LogP contribution >= 0.6 is 24.0 Å². The van der Waals surface area contributed by atoms with Crippen molar-refractivity contribution in [2.24, 2.45) is 4.99 Å². The summed E-state index contributed by atoms with van der Waals surface area (Å²) in [6.07, 6.45) is 0.909. The van der Waals surface area contributed by atoms with Gasteiger partial charge >= 0.3 is 0 Å². The molecule has 2 N–H and O–H groups in total. The van der Waals surface area contributed by atoms with Gasteiger partial charge in [0.05, 0.1) is 26.4 Å². The van der Waals surface area contributed by atoms with Crippen LogP contribution in [0.4, 0.5) is 0 Å². The first-order valence-electron chi connectivity index (χ1n) is 8.99. The molecule has 146 valence electrons. The van der Waals surface area contributed by atoms with Gasteiger partial charge in [-0.1, -0.05) is 12.1 Å². The van der Waals surface area contributed by atoms with Gasteiger partial charge in [0, 0.05) is 51.8 Å². The molecule has 26 heavy (non-hydrogen) atoms. The van der Waals surface area contributed by atoms with E-state index in [4.69, 9.17) is 14.2 Å². The Morgan fingerprint density at radius 3 is 2.73 bits per heavy atom. The summed E-state index contributed by atoms with van der Waals surface area (Å²) >= 11 is 0. The molecule has 2 heterocycles. The molecule has 0 atom stereocenters. The van der Waals surface area contributed by atoms with Crippen molar-refractivity contribution in [3.63, 3.8) is 0 Å². The van der Waals surface area contributed by atoms with E-state index < -0.39 is 0 Å². The van der Waals surface area contributed by atoms with Crippen LogP contribution in [0.25, 0.3) is 0 Å². The molecule has 2 aliphatic rings. The molecule has 1 fully saturated rings. The number of hydrogen-bond acceptors (Lipinski definition) is 5. The predicted octanol–water partition coefficient (Wildman–Crippen LogP) is 1.46. The van der Waals surface area contributed by atoms with Crippen LogP contribution in [-0.2, 0) is 11.3 Å². The van der Waals surface area contributed by atoms with E-state index in [0.717, 1.165) is 68.8 Å². The lowest BCUT2D eigenvalue weighted by atomic mass is 10.2. The van der Waals surface area contributed by atoms with Gasteiger partial charge in [-0.05, 0) is 6.07 Å². The van der Waals surface area contributed by atoms with Crippen LogP contribution in [0.1, 0.15) is 12.0 Å². The number of fused-ring (bicyclic) bond motifs is 1. The number of rotatable bonds is 5. The molecule has 1 aromatic rings. The first-order valence-corrected chi connectivity index (χ1v) is 8.99. The summed E-state index contributed by atoms with van der Waals surface area (Å²) in [4.78, 5) is 6.69. The summed E-state index contributed by atoms with van der Waals surface area (Å²) in [6.45, 7) is 7.54. The maximum Gasteiger partial charge on any atom is 0.191 e. The minimum atomic E-state index is 0. The topological polar surface area (TPSA) is 67.4 Å². The summed E-state index contributed by atoms with van der Waals surface area (Å²) in [7, 11) is 1.79. The summed E-state index contributed by atoms with van der Waals surface area (Å²) in [5, 5.41) is 6.72. The van der Waals surface area contributed by atoms with Crippen LogP contribution in [-0.4, -0.2) is 70.5 Å². The lowest BCUT2D eigenvalue weighted by molar-refractivity contribution is 0.0389. The van der Waals surface area contributed by atoms with Gasteiger partial charge in [0.2, 0.25) is 0 Å². The fourth-order valence-electron chi connectivity index (χ4n) is 2.95. The van der Waals surface area contributed by atoms with E-state index in [1.165, 1.54) is 0 Å². The average Bonchev–Trinajstić information content (AvgIpc) is 2.91. The van der Waals surface area contributed by atoms with Gasteiger partial charge < -0.3 is 24.8 Å². The highest BCUT2D eigenvalue weighted by Crippen LogP contribution is 2.33. The monoisotopic (exact) mass is 476 g/mol. The van der Waals surface area contributed by atoms with Crippen LogP contribution in [0.3, 0.4) is 0 Å². The number of halogens is 1. The van der Waals surface area contributed by atoms with E-state index in [2.05, 4.69) is 26.6 Å². The molecule has 0 amide bonds. The van der Waals surface area contributed by atoms with E-state index in [-0.39, 0.29) is 24.0 Å². The van der Waals surface area contributed by atoms with Crippen LogP contribution < -0.4 is 20.1 Å². The third-order valence-corrected chi connectivity index (χ3v) is 4.35. The molecular formula is C18H29IN4O3. The molecule has 0 aromatic heterocycles. The van der Waals surface area contributed by atoms with E-state index in [9.17, 15) is 0 Å². The standard InChI is InChI=1S/C18H28N4O3.HI/c1-19-18(20-6-7-22-8-12-23-13-9-22)21-14-15-4-2-5-16-17(15)25-11-3-10-24-16;/h2,4-5H,3,6-14H2,1H3,(H2,19,20,21);1H. The fourth-order valence-corrected chi connectivity index (χ4v) is 2.95. The lowest BCUT2D eigenvalue weighted by Crippen LogP contribution is -2.44. The number of guanidine groups is 1. The van der Waals surface area contributed by atoms with E-state index in [1.54, 1.807) is 7.05 Å². The molecule has 1 aromatic carbocycles. The highest BCUT2D eigenvalue weighted by atomic mass is 127. The van der Waals surface area contributed by atoms with Crippen molar-refractivity contribution in [3.05, 3.63) is 23.8 Å². The maximum atomic E-state index is 5.86. The molecule has 0 spiro atoms. The van der Waals surface area contributed by atoms with Crippen molar-refractivity contribution in [1.82, 2.24) is 15.5 Å². The molecule has 1 saturated heterocycles. The largest absolute Gasteiger partial charge is 0.490 e. The molecular weight excluding hydrogens is 447 g/mol. The lowest BCUT2D eigenvalue weighted by Gasteiger charge is -2.26. The zero-order valence-corrected chi connectivity index (χ0v) is 17.7. The van der Waals surface area contributed by atoms with Crippen molar-refractivity contribution in [1.29, 1.82) is 0 Å². The Hall–Kier alpha value is -1.26. The molecule has 0 saturated carbocycles.